The molecule has 10 heteroatoms. The summed E-state index contributed by atoms with van der Waals surface area (Å²) in [6.45, 7) is 6.78. The zero-order valence-corrected chi connectivity index (χ0v) is 31.5. The zero-order valence-electron chi connectivity index (χ0n) is 31.5. The molecule has 3 aromatic carbocycles. The molecule has 300 valence electrons. The van der Waals surface area contributed by atoms with Gasteiger partial charge in [-0.2, -0.15) is 0 Å². The Hall–Kier alpha value is -3.54. The molecule has 0 aromatic heterocycles. The lowest BCUT2D eigenvalue weighted by atomic mass is 9.94. The van der Waals surface area contributed by atoms with Crippen LogP contribution in [0.5, 0.6) is 5.75 Å². The van der Waals surface area contributed by atoms with Gasteiger partial charge in [0.1, 0.15) is 5.75 Å². The van der Waals surface area contributed by atoms with Crippen molar-refractivity contribution in [3.8, 4) is 16.9 Å². The Morgan fingerprint density at radius 1 is 0.654 bits per heavy atom. The van der Waals surface area contributed by atoms with Crippen molar-refractivity contribution in [1.29, 1.82) is 0 Å². The number of carbonyl (C=O) groups excluding carboxylic acids is 2. The molecule has 0 aliphatic carbocycles. The summed E-state index contributed by atoms with van der Waals surface area (Å²) in [5.41, 5.74) is 3.92. The van der Waals surface area contributed by atoms with Gasteiger partial charge >= 0.3 is 11.9 Å². The molecule has 3 aromatic rings. The minimum atomic E-state index is -0.749. The molecule has 10 nitrogen and oxygen atoms in total. The molecule has 0 amide bonds. The number of benzene rings is 3. The van der Waals surface area contributed by atoms with Gasteiger partial charge in [0.05, 0.1) is 25.0 Å². The van der Waals surface area contributed by atoms with E-state index in [1.54, 1.807) is 13.8 Å². The van der Waals surface area contributed by atoms with E-state index in [1.807, 2.05) is 0 Å². The first-order chi connectivity index (χ1) is 25.4. The summed E-state index contributed by atoms with van der Waals surface area (Å²) in [7, 11) is 0. The van der Waals surface area contributed by atoms with Crippen LogP contribution in [0.2, 0.25) is 0 Å². The van der Waals surface area contributed by atoms with Gasteiger partial charge in [-0.25, -0.2) is 10.1 Å². The van der Waals surface area contributed by atoms with Crippen LogP contribution in [-0.4, -0.2) is 30.4 Å². The van der Waals surface area contributed by atoms with Crippen molar-refractivity contribution >= 4 is 22.7 Å². The summed E-state index contributed by atoms with van der Waals surface area (Å²) >= 11 is 0. The van der Waals surface area contributed by atoms with E-state index < -0.39 is 17.8 Å². The van der Waals surface area contributed by atoms with E-state index >= 15 is 0 Å². The van der Waals surface area contributed by atoms with Gasteiger partial charge in [-0.15, -0.1) is 0 Å². The van der Waals surface area contributed by atoms with Crippen molar-refractivity contribution in [3.05, 3.63) is 66.2 Å². The molecule has 0 bridgehead atoms. The number of hydrogen-bond donors (Lipinski definition) is 1. The van der Waals surface area contributed by atoms with Crippen molar-refractivity contribution < 1.29 is 57.9 Å². The molecule has 0 heterocycles. The Balaban J connectivity index is -0.00000243. The predicted octanol–water partition coefficient (Wildman–Crippen LogP) is 12.7. The smallest absolute Gasteiger partial charge is 0.348 e. The molecule has 0 fully saturated rings. The zero-order chi connectivity index (χ0) is 37.2. The summed E-state index contributed by atoms with van der Waals surface area (Å²) in [6.07, 6.45) is 18.6. The molecule has 0 spiro atoms. The molecule has 2 atom stereocenters. The van der Waals surface area contributed by atoms with E-state index in [2.05, 4.69) is 92.6 Å². The SMILES string of the molecule is CCCCCCCCCCc1ccc(-c2ccc3cc(OCCCCCCCCOC(=O)C(C)CC(CC)C(=O)OOOOOO)ccc3c2)cc1.[HH].[HH].[HH].[HH].[HH].[HH]. The van der Waals surface area contributed by atoms with Crippen LogP contribution in [0.4, 0.5) is 0 Å². The first kappa shape index (κ1) is 42.9. The lowest BCUT2D eigenvalue weighted by molar-refractivity contribution is -0.745. The molecule has 0 radical (unpaired) electrons. The van der Waals surface area contributed by atoms with Gasteiger partial charge in [-0.3, -0.25) is 9.68 Å². The van der Waals surface area contributed by atoms with Crippen LogP contribution < -0.4 is 4.74 Å². The number of carbonyl (C=O) groups is 2. The molecular weight excluding hydrogens is 664 g/mol. The first-order valence-electron chi connectivity index (χ1n) is 19.4. The van der Waals surface area contributed by atoms with Crippen LogP contribution >= 0.6 is 0 Å². The number of aryl methyl sites for hydroxylation is 1. The predicted molar refractivity (Wildman–Crippen MR) is 213 cm³/mol. The number of hydrogen-bond acceptors (Lipinski definition) is 10. The van der Waals surface area contributed by atoms with Crippen LogP contribution in [0.1, 0.15) is 138 Å². The van der Waals surface area contributed by atoms with Gasteiger partial charge in [-0.05, 0) is 94.3 Å². The fourth-order valence-corrected chi connectivity index (χ4v) is 6.33. The summed E-state index contributed by atoms with van der Waals surface area (Å²) in [5.74, 6) is -1.31. The summed E-state index contributed by atoms with van der Waals surface area (Å²) in [4.78, 5) is 28.7. The fourth-order valence-electron chi connectivity index (χ4n) is 6.33. The Bertz CT molecular complexity index is 1440. The lowest BCUT2D eigenvalue weighted by Crippen LogP contribution is -2.24. The maximum absolute atomic E-state index is 12.4. The Labute approximate surface area is 318 Å². The second kappa shape index (κ2) is 26.3. The van der Waals surface area contributed by atoms with Crippen molar-refractivity contribution in [2.45, 2.75) is 130 Å². The van der Waals surface area contributed by atoms with E-state index in [0.717, 1.165) is 50.7 Å². The molecule has 52 heavy (non-hydrogen) atoms. The van der Waals surface area contributed by atoms with Crippen molar-refractivity contribution in [2.24, 2.45) is 11.8 Å². The molecule has 2 unspecified atom stereocenters. The van der Waals surface area contributed by atoms with Gasteiger partial charge in [0, 0.05) is 18.6 Å². The van der Waals surface area contributed by atoms with E-state index in [-0.39, 0.29) is 20.9 Å². The molecule has 0 aliphatic rings. The third-order valence-corrected chi connectivity index (χ3v) is 9.54. The molecule has 0 saturated carbocycles. The number of rotatable bonds is 29. The molecular formula is C42H72O10. The fraction of sp³-hybridized carbons (Fsp3) is 0.571. The van der Waals surface area contributed by atoms with E-state index in [1.165, 1.54) is 78.8 Å². The highest BCUT2D eigenvalue weighted by Gasteiger charge is 2.26. The molecule has 3 rings (SSSR count). The maximum atomic E-state index is 12.4. The van der Waals surface area contributed by atoms with Crippen molar-refractivity contribution in [1.82, 2.24) is 0 Å². The molecule has 0 saturated heterocycles. The molecule has 0 aliphatic heterocycles. The minimum Gasteiger partial charge on any atom is -0.494 e. The van der Waals surface area contributed by atoms with E-state index in [4.69, 9.17) is 14.7 Å². The quantitative estimate of drug-likeness (QED) is 0.0319. The number of ether oxygens (including phenoxy) is 2. The number of unbranched alkanes of at least 4 members (excludes halogenated alkanes) is 12. The number of esters is 1. The van der Waals surface area contributed by atoms with Crippen LogP contribution in [0.3, 0.4) is 0 Å². The third-order valence-electron chi connectivity index (χ3n) is 9.54. The van der Waals surface area contributed by atoms with Gasteiger partial charge < -0.3 is 9.47 Å². The topological polar surface area (TPSA) is 119 Å². The Kier molecular flexibility index (Phi) is 21.6. The lowest BCUT2D eigenvalue weighted by Gasteiger charge is -2.16. The van der Waals surface area contributed by atoms with Gasteiger partial charge in [0.25, 0.3) is 0 Å². The second-order valence-corrected chi connectivity index (χ2v) is 13.7. The van der Waals surface area contributed by atoms with Crippen LogP contribution in [0, 0.1) is 11.8 Å². The second-order valence-electron chi connectivity index (χ2n) is 13.7. The largest absolute Gasteiger partial charge is 0.494 e. The summed E-state index contributed by atoms with van der Waals surface area (Å²) in [6, 6.07) is 22.1. The molecule has 1 N–H and O–H groups in total. The standard InChI is InChI=1S/C42H60O10.6H2/c1-4-6-7-8-9-10-13-16-19-34-20-22-36(23-21-34)37-24-25-39-32-40(27-26-38(39)31-37)46-28-17-14-11-12-15-18-29-47-41(43)33(3)30-35(5-2)42(44)48-50-52-51-49-45;;;;;;/h20-27,31-33,35,45H,4-19,28-30H2,1-3H3;6*1H. The van der Waals surface area contributed by atoms with Gasteiger partial charge in [-0.1, -0.05) is 134 Å². The highest BCUT2D eigenvalue weighted by atomic mass is 17.8. The van der Waals surface area contributed by atoms with Crippen molar-refractivity contribution in [3.63, 3.8) is 0 Å². The first-order valence-corrected chi connectivity index (χ1v) is 19.4. The normalized spacial score (nSPS) is 12.5. The minimum absolute atomic E-state index is 0. The number of fused-ring (bicyclic) bond motifs is 1. The van der Waals surface area contributed by atoms with E-state index in [0.29, 0.717) is 19.6 Å². The monoisotopic (exact) mass is 737 g/mol. The maximum Gasteiger partial charge on any atom is 0.348 e. The van der Waals surface area contributed by atoms with Gasteiger partial charge in [0.2, 0.25) is 0 Å². The highest BCUT2D eigenvalue weighted by Crippen LogP contribution is 2.28. The highest BCUT2D eigenvalue weighted by molar-refractivity contribution is 5.88. The average molecular weight is 737 g/mol. The van der Waals surface area contributed by atoms with Crippen molar-refractivity contribution in [2.75, 3.05) is 13.2 Å². The average Bonchev–Trinajstić information content (AvgIpc) is 3.17. The summed E-state index contributed by atoms with van der Waals surface area (Å²) in [5, 5.41) is 24.8. The van der Waals surface area contributed by atoms with Crippen LogP contribution in [-0.2, 0) is 45.8 Å². The van der Waals surface area contributed by atoms with Gasteiger partial charge in [0.15, 0.2) is 0 Å². The van der Waals surface area contributed by atoms with Crippen LogP contribution in [0.25, 0.3) is 21.9 Å². The van der Waals surface area contributed by atoms with Crippen LogP contribution in [0.15, 0.2) is 60.7 Å². The van der Waals surface area contributed by atoms with E-state index in [9.17, 15) is 9.59 Å². The Morgan fingerprint density at radius 2 is 1.27 bits per heavy atom. The third kappa shape index (κ3) is 16.9. The summed E-state index contributed by atoms with van der Waals surface area (Å²) < 4.78 is 11.5. The Morgan fingerprint density at radius 3 is 1.96 bits per heavy atom.